The second kappa shape index (κ2) is 4.01. The lowest BCUT2D eigenvalue weighted by Crippen LogP contribution is -2.12. The molecule has 0 heterocycles. The van der Waals surface area contributed by atoms with Gasteiger partial charge < -0.3 is 5.73 Å². The molecule has 1 aromatic carbocycles. The number of aliphatic imine (C=N–C) groups is 1. The summed E-state index contributed by atoms with van der Waals surface area (Å²) in [5.74, 6) is -2.81. The standard InChI is InChI=1S/C11H11ClF2N2/c12-6-10(15)16-8-3-1-2-7(4-8)9-5-11(9,13)14/h1-4,9H,5-6H2,(H2,15,16). The van der Waals surface area contributed by atoms with Crippen molar-refractivity contribution in [2.45, 2.75) is 18.3 Å². The molecule has 2 rings (SSSR count). The Labute approximate surface area is 97.1 Å². The number of hydrogen-bond donors (Lipinski definition) is 1. The molecule has 2 N–H and O–H groups in total. The first kappa shape index (κ1) is 11.3. The van der Waals surface area contributed by atoms with E-state index in [1.165, 1.54) is 0 Å². The number of hydrogen-bond acceptors (Lipinski definition) is 1. The lowest BCUT2D eigenvalue weighted by Gasteiger charge is -2.01. The van der Waals surface area contributed by atoms with E-state index in [9.17, 15) is 8.78 Å². The minimum absolute atomic E-state index is 0.0782. The topological polar surface area (TPSA) is 38.4 Å². The monoisotopic (exact) mass is 244 g/mol. The Hall–Kier alpha value is -1.16. The van der Waals surface area contributed by atoms with E-state index in [-0.39, 0.29) is 18.1 Å². The Morgan fingerprint density at radius 3 is 2.81 bits per heavy atom. The van der Waals surface area contributed by atoms with Crippen LogP contribution in [0, 0.1) is 0 Å². The van der Waals surface area contributed by atoms with Crippen molar-refractivity contribution in [1.29, 1.82) is 0 Å². The normalized spacial score (nSPS) is 23.2. The first-order valence-electron chi connectivity index (χ1n) is 4.90. The lowest BCUT2D eigenvalue weighted by molar-refractivity contribution is 0.112. The van der Waals surface area contributed by atoms with Gasteiger partial charge in [-0.15, -0.1) is 11.6 Å². The fourth-order valence-corrected chi connectivity index (χ4v) is 1.64. The van der Waals surface area contributed by atoms with Gasteiger partial charge in [0.25, 0.3) is 5.92 Å². The van der Waals surface area contributed by atoms with Crippen molar-refractivity contribution in [2.24, 2.45) is 10.7 Å². The molecule has 0 saturated heterocycles. The molecule has 86 valence electrons. The maximum atomic E-state index is 12.9. The minimum atomic E-state index is -2.56. The number of nitrogens with zero attached hydrogens (tertiary/aromatic N) is 1. The van der Waals surface area contributed by atoms with Gasteiger partial charge in [0.1, 0.15) is 5.84 Å². The highest BCUT2D eigenvalue weighted by atomic mass is 35.5. The molecule has 0 bridgehead atoms. The lowest BCUT2D eigenvalue weighted by atomic mass is 10.1. The minimum Gasteiger partial charge on any atom is -0.386 e. The summed E-state index contributed by atoms with van der Waals surface area (Å²) >= 11 is 5.49. The van der Waals surface area contributed by atoms with Crippen LogP contribution < -0.4 is 5.73 Å². The van der Waals surface area contributed by atoms with E-state index in [2.05, 4.69) is 4.99 Å². The van der Waals surface area contributed by atoms with Gasteiger partial charge in [-0.05, 0) is 17.7 Å². The summed E-state index contributed by atoms with van der Waals surface area (Å²) < 4.78 is 25.7. The molecule has 5 heteroatoms. The molecule has 1 unspecified atom stereocenters. The van der Waals surface area contributed by atoms with Gasteiger partial charge in [0, 0.05) is 6.42 Å². The van der Waals surface area contributed by atoms with Crippen molar-refractivity contribution in [3.8, 4) is 0 Å². The van der Waals surface area contributed by atoms with Crippen molar-refractivity contribution >= 4 is 23.1 Å². The number of amidine groups is 1. The van der Waals surface area contributed by atoms with Gasteiger partial charge in [-0.25, -0.2) is 13.8 Å². The van der Waals surface area contributed by atoms with Crippen LogP contribution in [0.4, 0.5) is 14.5 Å². The molecule has 0 spiro atoms. The quantitative estimate of drug-likeness (QED) is 0.495. The number of benzene rings is 1. The SMILES string of the molecule is NC(CCl)=Nc1cccc(C2CC2(F)F)c1. The third-order valence-electron chi connectivity index (χ3n) is 2.51. The van der Waals surface area contributed by atoms with Gasteiger partial charge in [0.05, 0.1) is 17.5 Å². The van der Waals surface area contributed by atoms with Crippen molar-refractivity contribution in [1.82, 2.24) is 0 Å². The Balaban J connectivity index is 2.21. The van der Waals surface area contributed by atoms with Crippen LogP contribution in [0.15, 0.2) is 29.3 Å². The van der Waals surface area contributed by atoms with Gasteiger partial charge >= 0.3 is 0 Å². The highest BCUT2D eigenvalue weighted by Crippen LogP contribution is 2.55. The molecule has 0 radical (unpaired) electrons. The zero-order valence-corrected chi connectivity index (χ0v) is 9.22. The summed E-state index contributed by atoms with van der Waals surface area (Å²) in [5.41, 5.74) is 6.64. The number of halogens is 3. The van der Waals surface area contributed by atoms with Crippen LogP contribution in [0.5, 0.6) is 0 Å². The van der Waals surface area contributed by atoms with E-state index in [0.717, 1.165) is 0 Å². The third kappa shape index (κ3) is 2.32. The van der Waals surface area contributed by atoms with Crippen LogP contribution in [0.25, 0.3) is 0 Å². The van der Waals surface area contributed by atoms with Gasteiger partial charge in [0.15, 0.2) is 0 Å². The van der Waals surface area contributed by atoms with Crippen LogP contribution in [0.3, 0.4) is 0 Å². The van der Waals surface area contributed by atoms with Crippen molar-refractivity contribution in [2.75, 3.05) is 5.88 Å². The molecule has 0 aromatic heterocycles. The fraction of sp³-hybridized carbons (Fsp3) is 0.364. The maximum absolute atomic E-state index is 12.9. The summed E-state index contributed by atoms with van der Waals surface area (Å²) in [6, 6.07) is 6.72. The molecular formula is C11H11ClF2N2. The molecule has 2 nitrogen and oxygen atoms in total. The van der Waals surface area contributed by atoms with E-state index in [1.54, 1.807) is 24.3 Å². The van der Waals surface area contributed by atoms with Crippen LogP contribution in [-0.4, -0.2) is 17.6 Å². The third-order valence-corrected chi connectivity index (χ3v) is 2.78. The number of rotatable bonds is 3. The molecule has 1 aliphatic carbocycles. The summed E-state index contributed by atoms with van der Waals surface area (Å²) in [7, 11) is 0. The zero-order valence-electron chi connectivity index (χ0n) is 8.46. The van der Waals surface area contributed by atoms with E-state index in [4.69, 9.17) is 17.3 Å². The Kier molecular flexibility index (Phi) is 2.84. The Bertz CT molecular complexity index is 432. The second-order valence-electron chi connectivity index (χ2n) is 3.85. The van der Waals surface area contributed by atoms with Gasteiger partial charge in [-0.1, -0.05) is 12.1 Å². The highest BCUT2D eigenvalue weighted by molar-refractivity contribution is 6.28. The molecule has 1 aromatic rings. The maximum Gasteiger partial charge on any atom is 0.255 e. The predicted octanol–water partition coefficient (Wildman–Crippen LogP) is 3.04. The van der Waals surface area contributed by atoms with Gasteiger partial charge in [0.2, 0.25) is 0 Å². The van der Waals surface area contributed by atoms with Crippen molar-refractivity contribution < 1.29 is 8.78 Å². The smallest absolute Gasteiger partial charge is 0.255 e. The van der Waals surface area contributed by atoms with Crippen LogP contribution in [0.2, 0.25) is 0 Å². The first-order chi connectivity index (χ1) is 7.53. The number of alkyl halides is 3. The summed E-state index contributed by atoms with van der Waals surface area (Å²) in [5, 5.41) is 0. The number of nitrogens with two attached hydrogens (primary N) is 1. The summed E-state index contributed by atoms with van der Waals surface area (Å²) in [6.07, 6.45) is -0.0782. The predicted molar refractivity (Wildman–Crippen MR) is 60.7 cm³/mol. The molecule has 1 atom stereocenters. The van der Waals surface area contributed by atoms with Crippen LogP contribution in [-0.2, 0) is 0 Å². The van der Waals surface area contributed by atoms with Crippen LogP contribution in [0.1, 0.15) is 17.9 Å². The average molecular weight is 245 g/mol. The van der Waals surface area contributed by atoms with Crippen molar-refractivity contribution in [3.05, 3.63) is 29.8 Å². The van der Waals surface area contributed by atoms with E-state index < -0.39 is 11.8 Å². The average Bonchev–Trinajstić information content (AvgIpc) is 2.88. The van der Waals surface area contributed by atoms with Crippen molar-refractivity contribution in [3.63, 3.8) is 0 Å². The van der Waals surface area contributed by atoms with E-state index in [0.29, 0.717) is 11.3 Å². The Morgan fingerprint density at radius 2 is 2.25 bits per heavy atom. The second-order valence-corrected chi connectivity index (χ2v) is 4.12. The van der Waals surface area contributed by atoms with Crippen LogP contribution >= 0.6 is 11.6 Å². The van der Waals surface area contributed by atoms with E-state index in [1.807, 2.05) is 0 Å². The molecule has 1 aliphatic rings. The molecular weight excluding hydrogens is 234 g/mol. The Morgan fingerprint density at radius 1 is 1.56 bits per heavy atom. The zero-order chi connectivity index (χ0) is 11.8. The molecule has 16 heavy (non-hydrogen) atoms. The van der Waals surface area contributed by atoms with Gasteiger partial charge in [-0.2, -0.15) is 0 Å². The summed E-state index contributed by atoms with van der Waals surface area (Å²) in [4.78, 5) is 4.01. The molecule has 0 aliphatic heterocycles. The molecule has 0 amide bonds. The van der Waals surface area contributed by atoms with E-state index >= 15 is 0 Å². The van der Waals surface area contributed by atoms with Gasteiger partial charge in [-0.3, -0.25) is 0 Å². The largest absolute Gasteiger partial charge is 0.386 e. The fourth-order valence-electron chi connectivity index (χ4n) is 1.58. The highest BCUT2D eigenvalue weighted by Gasteiger charge is 2.57. The summed E-state index contributed by atoms with van der Waals surface area (Å²) in [6.45, 7) is 0. The molecule has 1 fully saturated rings. The first-order valence-corrected chi connectivity index (χ1v) is 5.43. The molecule has 1 saturated carbocycles.